The van der Waals surface area contributed by atoms with Gasteiger partial charge < -0.3 is 16.0 Å². The quantitative estimate of drug-likeness (QED) is 0.622. The van der Waals surface area contributed by atoms with Crippen LogP contribution in [0.3, 0.4) is 0 Å². The van der Waals surface area contributed by atoms with Gasteiger partial charge in [0.05, 0.1) is 0 Å². The van der Waals surface area contributed by atoms with Gasteiger partial charge in [-0.25, -0.2) is 0 Å². The number of carbonyl (C=O) groups is 1. The highest BCUT2D eigenvalue weighted by Gasteiger charge is 2.19. The summed E-state index contributed by atoms with van der Waals surface area (Å²) in [4.78, 5) is 13.9. The molecule has 1 amide bonds. The van der Waals surface area contributed by atoms with Crippen LogP contribution in [0.5, 0.6) is 0 Å². The van der Waals surface area contributed by atoms with Crippen molar-refractivity contribution in [2.45, 2.75) is 38.5 Å². The Hall–Kier alpha value is -0.610. The molecule has 1 aliphatic heterocycles. The van der Waals surface area contributed by atoms with Crippen molar-refractivity contribution in [2.75, 3.05) is 33.2 Å². The number of likely N-dealkylation sites (tertiary alicyclic amines) is 1. The lowest BCUT2D eigenvalue weighted by molar-refractivity contribution is -0.121. The fraction of sp³-hybridized carbons (Fsp3) is 0.923. The van der Waals surface area contributed by atoms with E-state index in [0.29, 0.717) is 12.3 Å². The molecule has 0 aromatic rings. The first-order valence-corrected chi connectivity index (χ1v) is 6.87. The molecule has 0 aromatic heterocycles. The third-order valence-corrected chi connectivity index (χ3v) is 3.43. The van der Waals surface area contributed by atoms with Crippen LogP contribution >= 0.6 is 0 Å². The van der Waals surface area contributed by atoms with Gasteiger partial charge in [-0.15, -0.1) is 0 Å². The molecule has 1 unspecified atom stereocenters. The Balaban J connectivity index is 1.94. The zero-order valence-electron chi connectivity index (χ0n) is 11.1. The van der Waals surface area contributed by atoms with Gasteiger partial charge in [0.25, 0.3) is 0 Å². The molecule has 0 aliphatic carbocycles. The Labute approximate surface area is 105 Å². The van der Waals surface area contributed by atoms with Crippen LogP contribution < -0.4 is 11.1 Å². The number of hydrogen-bond donors (Lipinski definition) is 2. The Kier molecular flexibility index (Phi) is 7.21. The van der Waals surface area contributed by atoms with Gasteiger partial charge >= 0.3 is 0 Å². The molecule has 4 nitrogen and oxygen atoms in total. The lowest BCUT2D eigenvalue weighted by Crippen LogP contribution is -2.30. The van der Waals surface area contributed by atoms with Crippen LogP contribution in [0, 0.1) is 5.92 Å². The van der Waals surface area contributed by atoms with Crippen LogP contribution in [0.25, 0.3) is 0 Å². The Morgan fingerprint density at radius 3 is 2.76 bits per heavy atom. The maximum atomic E-state index is 11.6. The smallest absolute Gasteiger partial charge is 0.220 e. The van der Waals surface area contributed by atoms with Crippen LogP contribution in [-0.2, 0) is 4.79 Å². The maximum Gasteiger partial charge on any atom is 0.220 e. The maximum absolute atomic E-state index is 11.6. The van der Waals surface area contributed by atoms with Crippen molar-refractivity contribution < 1.29 is 4.79 Å². The van der Waals surface area contributed by atoms with E-state index < -0.39 is 0 Å². The molecule has 1 heterocycles. The highest BCUT2D eigenvalue weighted by molar-refractivity contribution is 5.75. The van der Waals surface area contributed by atoms with E-state index in [4.69, 9.17) is 5.73 Å². The normalized spacial score (nSPS) is 20.7. The molecule has 1 saturated heterocycles. The topological polar surface area (TPSA) is 58.4 Å². The summed E-state index contributed by atoms with van der Waals surface area (Å²) in [6.45, 7) is 3.91. The second-order valence-corrected chi connectivity index (χ2v) is 5.17. The van der Waals surface area contributed by atoms with Crippen molar-refractivity contribution in [3.63, 3.8) is 0 Å². The van der Waals surface area contributed by atoms with E-state index in [1.807, 2.05) is 0 Å². The second kappa shape index (κ2) is 8.48. The van der Waals surface area contributed by atoms with Crippen LogP contribution in [-0.4, -0.2) is 44.0 Å². The molecule has 1 rings (SSSR count). The predicted octanol–water partition coefficient (Wildman–Crippen LogP) is 0.964. The summed E-state index contributed by atoms with van der Waals surface area (Å²) in [5, 5.41) is 3.05. The summed E-state index contributed by atoms with van der Waals surface area (Å²) in [7, 11) is 2.14. The zero-order chi connectivity index (χ0) is 12.5. The lowest BCUT2D eigenvalue weighted by atomic mass is 10.1. The van der Waals surface area contributed by atoms with Crippen molar-refractivity contribution in [2.24, 2.45) is 11.7 Å². The van der Waals surface area contributed by atoms with Gasteiger partial charge in [-0.3, -0.25) is 4.79 Å². The molecule has 0 radical (unpaired) electrons. The summed E-state index contributed by atoms with van der Waals surface area (Å²) in [5.74, 6) is 0.869. The van der Waals surface area contributed by atoms with E-state index in [0.717, 1.165) is 45.3 Å². The minimum absolute atomic E-state index is 0.215. The number of hydrogen-bond acceptors (Lipinski definition) is 3. The second-order valence-electron chi connectivity index (χ2n) is 5.17. The highest BCUT2D eigenvalue weighted by atomic mass is 16.1. The van der Waals surface area contributed by atoms with Crippen molar-refractivity contribution in [3.05, 3.63) is 0 Å². The van der Waals surface area contributed by atoms with E-state index in [9.17, 15) is 4.79 Å². The summed E-state index contributed by atoms with van der Waals surface area (Å²) in [6.07, 6.45) is 6.24. The fourth-order valence-corrected chi connectivity index (χ4v) is 2.32. The first-order valence-electron chi connectivity index (χ1n) is 6.87. The third kappa shape index (κ3) is 6.64. The number of nitrogens with one attached hydrogen (secondary N) is 1. The monoisotopic (exact) mass is 241 g/mol. The molecule has 0 aromatic carbocycles. The number of nitrogens with two attached hydrogens (primary N) is 1. The molecule has 4 heteroatoms. The summed E-state index contributed by atoms with van der Waals surface area (Å²) in [6, 6.07) is 0. The molecule has 3 N–H and O–H groups in total. The number of rotatable bonds is 8. The standard InChI is InChI=1S/C13H27N3O/c1-16-9-7-12(11-16)10-15-13(17)6-4-2-3-5-8-14/h12H,2-11,14H2,1H3,(H,15,17). The van der Waals surface area contributed by atoms with Crippen LogP contribution in [0.15, 0.2) is 0 Å². The van der Waals surface area contributed by atoms with E-state index in [-0.39, 0.29) is 5.91 Å². The molecule has 0 saturated carbocycles. The minimum atomic E-state index is 0.215. The zero-order valence-corrected chi connectivity index (χ0v) is 11.1. The van der Waals surface area contributed by atoms with Gasteiger partial charge in [-0.2, -0.15) is 0 Å². The summed E-state index contributed by atoms with van der Waals surface area (Å²) in [5.41, 5.74) is 5.42. The summed E-state index contributed by atoms with van der Waals surface area (Å²) >= 11 is 0. The molecule has 0 bridgehead atoms. The third-order valence-electron chi connectivity index (χ3n) is 3.43. The van der Waals surface area contributed by atoms with Crippen molar-refractivity contribution in [1.82, 2.24) is 10.2 Å². The first-order chi connectivity index (χ1) is 8.22. The largest absolute Gasteiger partial charge is 0.356 e. The molecule has 1 fully saturated rings. The van der Waals surface area contributed by atoms with E-state index in [1.54, 1.807) is 0 Å². The van der Waals surface area contributed by atoms with Crippen LogP contribution in [0.2, 0.25) is 0 Å². The van der Waals surface area contributed by atoms with Crippen LogP contribution in [0.4, 0.5) is 0 Å². The molecule has 1 atom stereocenters. The van der Waals surface area contributed by atoms with E-state index in [1.165, 1.54) is 13.0 Å². The Morgan fingerprint density at radius 2 is 2.12 bits per heavy atom. The Bertz CT molecular complexity index is 221. The number of amides is 1. The number of carbonyl (C=O) groups excluding carboxylic acids is 1. The first kappa shape index (κ1) is 14.5. The van der Waals surface area contributed by atoms with Crippen LogP contribution in [0.1, 0.15) is 38.5 Å². The minimum Gasteiger partial charge on any atom is -0.356 e. The van der Waals surface area contributed by atoms with Crippen molar-refractivity contribution in [1.29, 1.82) is 0 Å². The average molecular weight is 241 g/mol. The van der Waals surface area contributed by atoms with Crippen molar-refractivity contribution >= 4 is 5.91 Å². The Morgan fingerprint density at radius 1 is 1.35 bits per heavy atom. The number of nitrogens with zero attached hydrogens (tertiary/aromatic N) is 1. The molecule has 0 spiro atoms. The predicted molar refractivity (Wildman–Crippen MR) is 70.8 cm³/mol. The SMILES string of the molecule is CN1CCC(CNC(=O)CCCCCCN)C1. The average Bonchev–Trinajstić information content (AvgIpc) is 2.72. The van der Waals surface area contributed by atoms with Gasteiger partial charge in [-0.05, 0) is 45.3 Å². The molecule has 100 valence electrons. The van der Waals surface area contributed by atoms with Crippen molar-refractivity contribution in [3.8, 4) is 0 Å². The number of unbranched alkanes of at least 4 members (excludes halogenated alkanes) is 3. The summed E-state index contributed by atoms with van der Waals surface area (Å²) < 4.78 is 0. The van der Waals surface area contributed by atoms with Gasteiger partial charge in [0.1, 0.15) is 0 Å². The van der Waals surface area contributed by atoms with E-state index in [2.05, 4.69) is 17.3 Å². The molecular formula is C13H27N3O. The van der Waals surface area contributed by atoms with Gasteiger partial charge in [0, 0.05) is 19.5 Å². The molecule has 17 heavy (non-hydrogen) atoms. The molecule has 1 aliphatic rings. The van der Waals surface area contributed by atoms with Gasteiger partial charge in [-0.1, -0.05) is 12.8 Å². The van der Waals surface area contributed by atoms with Gasteiger partial charge in [0.15, 0.2) is 0 Å². The highest BCUT2D eigenvalue weighted by Crippen LogP contribution is 2.12. The van der Waals surface area contributed by atoms with Gasteiger partial charge in [0.2, 0.25) is 5.91 Å². The molecular weight excluding hydrogens is 214 g/mol. The fourth-order valence-electron chi connectivity index (χ4n) is 2.32. The van der Waals surface area contributed by atoms with E-state index >= 15 is 0 Å². The lowest BCUT2D eigenvalue weighted by Gasteiger charge is -2.11.